The summed E-state index contributed by atoms with van der Waals surface area (Å²) in [5, 5.41) is 16.7. The van der Waals surface area contributed by atoms with Gasteiger partial charge in [0.2, 0.25) is 0 Å². The van der Waals surface area contributed by atoms with E-state index in [2.05, 4.69) is 6.58 Å². The molecule has 0 radical (unpaired) electrons. The summed E-state index contributed by atoms with van der Waals surface area (Å²) in [4.78, 5) is 9.79. The average Bonchev–Trinajstić information content (AvgIpc) is 1.83. The van der Waals surface area contributed by atoms with Crippen LogP contribution in [0.2, 0.25) is 0 Å². The minimum Gasteiger partial charge on any atom is -0.478 e. The van der Waals surface area contributed by atoms with Gasteiger partial charge in [0, 0.05) is 6.08 Å². The predicted molar refractivity (Wildman–Crippen MR) is 33.0 cm³/mol. The van der Waals surface area contributed by atoms with E-state index in [1.165, 1.54) is 6.08 Å². The molecule has 1 atom stereocenters. The van der Waals surface area contributed by atoms with Crippen LogP contribution in [0.3, 0.4) is 0 Å². The molecule has 0 bridgehead atoms. The summed E-state index contributed by atoms with van der Waals surface area (Å²) >= 11 is 0. The zero-order valence-electron chi connectivity index (χ0n) is 4.82. The van der Waals surface area contributed by atoms with Gasteiger partial charge in [-0.15, -0.1) is 6.58 Å². The Morgan fingerprint density at radius 1 is 1.67 bits per heavy atom. The van der Waals surface area contributed by atoms with Crippen LogP contribution in [0, 0.1) is 0 Å². The second kappa shape index (κ2) is 3.86. The molecule has 3 heteroatoms. The fourth-order valence-corrected chi connectivity index (χ4v) is 0.259. The SMILES string of the molecule is C=CC(O)/C=C/C(=O)O. The maximum atomic E-state index is 9.79. The Balaban J connectivity index is 3.69. The molecule has 0 aliphatic rings. The van der Waals surface area contributed by atoms with Gasteiger partial charge in [-0.1, -0.05) is 6.08 Å². The highest BCUT2D eigenvalue weighted by molar-refractivity contribution is 5.79. The van der Waals surface area contributed by atoms with Crippen molar-refractivity contribution >= 4 is 5.97 Å². The molecule has 0 aromatic carbocycles. The van der Waals surface area contributed by atoms with Gasteiger partial charge < -0.3 is 10.2 Å². The third-order valence-electron chi connectivity index (χ3n) is 0.677. The predicted octanol–water partition coefficient (Wildman–Crippen LogP) is 0.174. The van der Waals surface area contributed by atoms with E-state index in [-0.39, 0.29) is 0 Å². The largest absolute Gasteiger partial charge is 0.478 e. The van der Waals surface area contributed by atoms with E-state index in [0.717, 1.165) is 12.2 Å². The van der Waals surface area contributed by atoms with Crippen molar-refractivity contribution in [1.82, 2.24) is 0 Å². The highest BCUT2D eigenvalue weighted by Gasteiger charge is 1.90. The highest BCUT2D eigenvalue weighted by Crippen LogP contribution is 1.84. The Labute approximate surface area is 52.9 Å². The maximum Gasteiger partial charge on any atom is 0.328 e. The van der Waals surface area contributed by atoms with E-state index in [1.807, 2.05) is 0 Å². The lowest BCUT2D eigenvalue weighted by atomic mass is 10.3. The molecule has 0 saturated carbocycles. The second-order valence-corrected chi connectivity index (χ2v) is 1.42. The standard InChI is InChI=1S/C6H8O3/c1-2-5(7)3-4-6(8)9/h2-5,7H,1H2,(H,8,9)/b4-3+. The lowest BCUT2D eigenvalue weighted by Gasteiger charge is -1.91. The molecule has 1 unspecified atom stereocenters. The van der Waals surface area contributed by atoms with Crippen LogP contribution in [0.4, 0.5) is 0 Å². The van der Waals surface area contributed by atoms with Crippen molar-refractivity contribution in [3.63, 3.8) is 0 Å². The first kappa shape index (κ1) is 7.91. The summed E-state index contributed by atoms with van der Waals surface area (Å²) in [7, 11) is 0. The third-order valence-corrected chi connectivity index (χ3v) is 0.677. The van der Waals surface area contributed by atoms with Crippen molar-refractivity contribution in [3.05, 3.63) is 24.8 Å². The van der Waals surface area contributed by atoms with Gasteiger partial charge in [0.1, 0.15) is 0 Å². The fraction of sp³-hybridized carbons (Fsp3) is 0.167. The normalized spacial score (nSPS) is 13.4. The molecular weight excluding hydrogens is 120 g/mol. The van der Waals surface area contributed by atoms with Crippen molar-refractivity contribution in [2.75, 3.05) is 0 Å². The van der Waals surface area contributed by atoms with Gasteiger partial charge in [-0.3, -0.25) is 0 Å². The van der Waals surface area contributed by atoms with Crippen LogP contribution in [-0.4, -0.2) is 22.3 Å². The van der Waals surface area contributed by atoms with Gasteiger partial charge in [0.05, 0.1) is 6.10 Å². The zero-order chi connectivity index (χ0) is 7.28. The van der Waals surface area contributed by atoms with Crippen LogP contribution in [0.25, 0.3) is 0 Å². The van der Waals surface area contributed by atoms with Crippen molar-refractivity contribution in [2.24, 2.45) is 0 Å². The molecule has 0 spiro atoms. The van der Waals surface area contributed by atoms with Gasteiger partial charge in [0.25, 0.3) is 0 Å². The fourth-order valence-electron chi connectivity index (χ4n) is 0.259. The highest BCUT2D eigenvalue weighted by atomic mass is 16.4. The number of carbonyl (C=O) groups is 1. The molecule has 50 valence electrons. The lowest BCUT2D eigenvalue weighted by molar-refractivity contribution is -0.131. The monoisotopic (exact) mass is 128 g/mol. The van der Waals surface area contributed by atoms with E-state index in [9.17, 15) is 4.79 Å². The Bertz CT molecular complexity index is 137. The summed E-state index contributed by atoms with van der Waals surface area (Å²) in [6, 6.07) is 0. The van der Waals surface area contributed by atoms with Gasteiger partial charge in [-0.2, -0.15) is 0 Å². The van der Waals surface area contributed by atoms with Crippen LogP contribution in [0.15, 0.2) is 24.8 Å². The van der Waals surface area contributed by atoms with Crippen molar-refractivity contribution < 1.29 is 15.0 Å². The molecule has 0 aliphatic carbocycles. The molecule has 0 aromatic heterocycles. The number of aliphatic hydroxyl groups excluding tert-OH is 1. The van der Waals surface area contributed by atoms with Crippen molar-refractivity contribution in [3.8, 4) is 0 Å². The van der Waals surface area contributed by atoms with Crippen LogP contribution in [0.5, 0.6) is 0 Å². The van der Waals surface area contributed by atoms with Crippen LogP contribution >= 0.6 is 0 Å². The van der Waals surface area contributed by atoms with Crippen LogP contribution in [0.1, 0.15) is 0 Å². The van der Waals surface area contributed by atoms with Gasteiger partial charge in [-0.05, 0) is 6.08 Å². The van der Waals surface area contributed by atoms with Gasteiger partial charge >= 0.3 is 5.97 Å². The maximum absolute atomic E-state index is 9.79. The smallest absolute Gasteiger partial charge is 0.328 e. The summed E-state index contributed by atoms with van der Waals surface area (Å²) in [5.74, 6) is -1.07. The molecule has 0 amide bonds. The number of carboxylic acids is 1. The molecule has 0 fully saturated rings. The minimum absolute atomic E-state index is 0.860. The van der Waals surface area contributed by atoms with Crippen molar-refractivity contribution in [1.29, 1.82) is 0 Å². The van der Waals surface area contributed by atoms with Gasteiger partial charge in [-0.25, -0.2) is 4.79 Å². The lowest BCUT2D eigenvalue weighted by Crippen LogP contribution is -1.97. The van der Waals surface area contributed by atoms with E-state index in [1.54, 1.807) is 0 Å². The minimum atomic E-state index is -1.07. The summed E-state index contributed by atoms with van der Waals surface area (Å²) in [5.41, 5.74) is 0. The van der Waals surface area contributed by atoms with Gasteiger partial charge in [0.15, 0.2) is 0 Å². The van der Waals surface area contributed by atoms with E-state index in [0.29, 0.717) is 0 Å². The molecule has 0 rings (SSSR count). The Morgan fingerprint density at radius 2 is 2.22 bits per heavy atom. The zero-order valence-corrected chi connectivity index (χ0v) is 4.82. The topological polar surface area (TPSA) is 57.5 Å². The number of rotatable bonds is 3. The quantitative estimate of drug-likeness (QED) is 0.421. The number of hydrogen-bond acceptors (Lipinski definition) is 2. The number of hydrogen-bond donors (Lipinski definition) is 2. The molecule has 0 aliphatic heterocycles. The Morgan fingerprint density at radius 3 is 2.56 bits per heavy atom. The Kier molecular flexibility index (Phi) is 3.39. The molecule has 2 N–H and O–H groups in total. The molecule has 3 nitrogen and oxygen atoms in total. The van der Waals surface area contributed by atoms with Crippen LogP contribution < -0.4 is 0 Å². The van der Waals surface area contributed by atoms with E-state index < -0.39 is 12.1 Å². The second-order valence-electron chi connectivity index (χ2n) is 1.42. The first-order valence-electron chi connectivity index (χ1n) is 2.38. The molecule has 9 heavy (non-hydrogen) atoms. The third kappa shape index (κ3) is 4.77. The van der Waals surface area contributed by atoms with E-state index >= 15 is 0 Å². The first-order valence-corrected chi connectivity index (χ1v) is 2.38. The number of aliphatic hydroxyl groups is 1. The van der Waals surface area contributed by atoms with Crippen molar-refractivity contribution in [2.45, 2.75) is 6.10 Å². The summed E-state index contributed by atoms with van der Waals surface area (Å²) in [6.07, 6.45) is 2.38. The van der Waals surface area contributed by atoms with E-state index in [4.69, 9.17) is 10.2 Å². The molecule has 0 aromatic rings. The summed E-state index contributed by atoms with van der Waals surface area (Å²) in [6.45, 7) is 3.24. The van der Waals surface area contributed by atoms with Crippen LogP contribution in [-0.2, 0) is 4.79 Å². The number of carboxylic acid groups (broad SMARTS) is 1. The molecule has 0 heterocycles. The average molecular weight is 128 g/mol. The Hall–Kier alpha value is -1.09. The summed E-state index contributed by atoms with van der Waals surface area (Å²) < 4.78 is 0. The number of aliphatic carboxylic acids is 1. The first-order chi connectivity index (χ1) is 4.16. The molecular formula is C6H8O3. The molecule has 0 saturated heterocycles.